The minimum absolute atomic E-state index is 0.0977. The van der Waals surface area contributed by atoms with Crippen molar-refractivity contribution in [2.75, 3.05) is 0 Å². The summed E-state index contributed by atoms with van der Waals surface area (Å²) >= 11 is 0. The topological polar surface area (TPSA) is 96.3 Å². The van der Waals surface area contributed by atoms with E-state index in [0.717, 1.165) is 5.56 Å². The average Bonchev–Trinajstić information content (AvgIpc) is 2.73. The first-order valence-corrected chi connectivity index (χ1v) is 8.26. The van der Waals surface area contributed by atoms with Gasteiger partial charge in [-0.1, -0.05) is 42.5 Å². The Kier molecular flexibility index (Phi) is 5.98. The number of hydrazone groups is 1. The van der Waals surface area contributed by atoms with Gasteiger partial charge >= 0.3 is 0 Å². The number of carbonyl (C=O) groups excluding carboxylic acids is 2. The highest BCUT2D eigenvalue weighted by atomic mass is 16.2. The monoisotopic (exact) mass is 359 g/mol. The zero-order valence-electron chi connectivity index (χ0n) is 14.4. The number of aromatic nitrogens is 2. The normalized spacial score (nSPS) is 10.5. The van der Waals surface area contributed by atoms with Crippen LogP contribution in [-0.2, 0) is 6.54 Å². The van der Waals surface area contributed by atoms with E-state index in [9.17, 15) is 9.59 Å². The van der Waals surface area contributed by atoms with Crippen molar-refractivity contribution in [3.8, 4) is 0 Å². The van der Waals surface area contributed by atoms with Crippen LogP contribution in [0.5, 0.6) is 0 Å². The summed E-state index contributed by atoms with van der Waals surface area (Å²) in [7, 11) is 0. The third-order valence-electron chi connectivity index (χ3n) is 3.56. The lowest BCUT2D eigenvalue weighted by atomic mass is 10.2. The lowest BCUT2D eigenvalue weighted by Gasteiger charge is -2.06. The minimum Gasteiger partial charge on any atom is -0.347 e. The van der Waals surface area contributed by atoms with E-state index in [1.165, 1.54) is 12.3 Å². The quantitative estimate of drug-likeness (QED) is 0.521. The van der Waals surface area contributed by atoms with Crippen molar-refractivity contribution in [3.63, 3.8) is 0 Å². The van der Waals surface area contributed by atoms with Crippen LogP contribution in [0.25, 0.3) is 0 Å². The summed E-state index contributed by atoms with van der Waals surface area (Å²) in [6, 6.07) is 19.6. The Hall–Kier alpha value is -3.87. The molecule has 0 saturated heterocycles. The van der Waals surface area contributed by atoms with Gasteiger partial charge in [-0.05, 0) is 29.8 Å². The van der Waals surface area contributed by atoms with Crippen molar-refractivity contribution in [2.45, 2.75) is 6.54 Å². The van der Waals surface area contributed by atoms with Crippen LogP contribution in [0, 0.1) is 0 Å². The molecule has 0 spiro atoms. The molecule has 27 heavy (non-hydrogen) atoms. The summed E-state index contributed by atoms with van der Waals surface area (Å²) in [6.45, 7) is 0.381. The van der Waals surface area contributed by atoms with E-state index >= 15 is 0 Å². The molecule has 0 radical (unpaired) electrons. The lowest BCUT2D eigenvalue weighted by molar-refractivity contribution is 0.0943. The molecule has 0 saturated carbocycles. The maximum atomic E-state index is 12.2. The van der Waals surface area contributed by atoms with E-state index in [-0.39, 0.29) is 17.3 Å². The molecule has 1 aromatic carbocycles. The molecular weight excluding hydrogens is 342 g/mol. The van der Waals surface area contributed by atoms with Gasteiger partial charge in [0.05, 0.1) is 11.9 Å². The molecule has 2 amide bonds. The first-order chi connectivity index (χ1) is 13.2. The summed E-state index contributed by atoms with van der Waals surface area (Å²) in [5.41, 5.74) is 4.21. The molecule has 7 nitrogen and oxygen atoms in total. The third-order valence-corrected chi connectivity index (χ3v) is 3.56. The molecule has 2 heterocycles. The number of amides is 2. The van der Waals surface area contributed by atoms with Gasteiger partial charge in [-0.3, -0.25) is 14.6 Å². The van der Waals surface area contributed by atoms with Gasteiger partial charge in [0, 0.05) is 12.7 Å². The van der Waals surface area contributed by atoms with Crippen molar-refractivity contribution < 1.29 is 9.59 Å². The summed E-state index contributed by atoms with van der Waals surface area (Å²) < 4.78 is 0. The van der Waals surface area contributed by atoms with Crippen LogP contribution in [0.2, 0.25) is 0 Å². The molecular formula is C20H17N5O2. The van der Waals surface area contributed by atoms with E-state index < -0.39 is 5.91 Å². The Bertz CT molecular complexity index is 943. The van der Waals surface area contributed by atoms with E-state index in [1.54, 1.807) is 30.5 Å². The number of pyridine rings is 2. The third kappa shape index (κ3) is 5.30. The molecule has 3 rings (SSSR count). The number of benzene rings is 1. The fraction of sp³-hybridized carbons (Fsp3) is 0.0500. The van der Waals surface area contributed by atoms with E-state index in [1.807, 2.05) is 36.4 Å². The number of nitrogens with zero attached hydrogens (tertiary/aromatic N) is 3. The van der Waals surface area contributed by atoms with Crippen LogP contribution in [-0.4, -0.2) is 28.0 Å². The Morgan fingerprint density at radius 1 is 0.889 bits per heavy atom. The second-order valence-corrected chi connectivity index (χ2v) is 5.53. The largest absolute Gasteiger partial charge is 0.347 e. The second-order valence-electron chi connectivity index (χ2n) is 5.53. The van der Waals surface area contributed by atoms with Gasteiger partial charge in [-0.2, -0.15) is 5.10 Å². The highest BCUT2D eigenvalue weighted by Crippen LogP contribution is 2.02. The molecule has 2 N–H and O–H groups in total. The molecule has 0 unspecified atom stereocenters. The Labute approximate surface area is 156 Å². The van der Waals surface area contributed by atoms with Crippen molar-refractivity contribution in [1.29, 1.82) is 0 Å². The number of nitrogens with one attached hydrogen (secondary N) is 2. The van der Waals surface area contributed by atoms with Gasteiger partial charge in [0.2, 0.25) is 0 Å². The Balaban J connectivity index is 1.59. The van der Waals surface area contributed by atoms with E-state index in [0.29, 0.717) is 12.2 Å². The molecule has 134 valence electrons. The highest BCUT2D eigenvalue weighted by molar-refractivity contribution is 5.96. The minimum atomic E-state index is -0.514. The smallest absolute Gasteiger partial charge is 0.289 e. The molecule has 0 bridgehead atoms. The number of hydrogen-bond donors (Lipinski definition) is 2. The zero-order valence-corrected chi connectivity index (χ0v) is 14.4. The Morgan fingerprint density at radius 2 is 1.63 bits per heavy atom. The summed E-state index contributed by atoms with van der Waals surface area (Å²) in [6.07, 6.45) is 3.05. The first kappa shape index (κ1) is 17.9. The average molecular weight is 359 g/mol. The summed E-state index contributed by atoms with van der Waals surface area (Å²) in [4.78, 5) is 32.6. The molecule has 0 aliphatic carbocycles. The van der Waals surface area contributed by atoms with E-state index in [4.69, 9.17) is 0 Å². The predicted octanol–water partition coefficient (Wildman–Crippen LogP) is 2.17. The Morgan fingerprint density at radius 3 is 2.37 bits per heavy atom. The van der Waals surface area contributed by atoms with Crippen LogP contribution in [0.3, 0.4) is 0 Å². The molecule has 0 fully saturated rings. The fourth-order valence-corrected chi connectivity index (χ4v) is 2.22. The summed E-state index contributed by atoms with van der Waals surface area (Å²) in [5, 5.41) is 6.62. The number of rotatable bonds is 6. The van der Waals surface area contributed by atoms with Crippen LogP contribution in [0.15, 0.2) is 78.0 Å². The maximum absolute atomic E-state index is 12.2. The highest BCUT2D eigenvalue weighted by Gasteiger charge is 2.11. The van der Waals surface area contributed by atoms with Gasteiger partial charge in [-0.25, -0.2) is 10.4 Å². The molecule has 0 aliphatic rings. The number of carbonyl (C=O) groups is 2. The standard InChI is InChI=1S/C20H17N5O2/c26-19(22-13-15-7-2-1-3-8-15)17-10-6-11-18(24-17)20(27)25-23-14-16-9-4-5-12-21-16/h1-12,14H,13H2,(H,22,26)(H,25,27)/b23-14+. The van der Waals surface area contributed by atoms with Gasteiger partial charge < -0.3 is 5.32 Å². The summed E-state index contributed by atoms with van der Waals surface area (Å²) in [5.74, 6) is -0.870. The molecule has 7 heteroatoms. The van der Waals surface area contributed by atoms with Crippen LogP contribution >= 0.6 is 0 Å². The van der Waals surface area contributed by atoms with Gasteiger partial charge in [0.15, 0.2) is 0 Å². The lowest BCUT2D eigenvalue weighted by Crippen LogP contribution is -2.25. The second kappa shape index (κ2) is 9.00. The van der Waals surface area contributed by atoms with Crippen molar-refractivity contribution in [1.82, 2.24) is 20.7 Å². The molecule has 3 aromatic rings. The van der Waals surface area contributed by atoms with Gasteiger partial charge in [0.25, 0.3) is 11.8 Å². The van der Waals surface area contributed by atoms with Crippen LogP contribution in [0.1, 0.15) is 32.2 Å². The molecule has 0 atom stereocenters. The van der Waals surface area contributed by atoms with E-state index in [2.05, 4.69) is 25.8 Å². The van der Waals surface area contributed by atoms with Crippen LogP contribution < -0.4 is 10.7 Å². The van der Waals surface area contributed by atoms with Gasteiger partial charge in [0.1, 0.15) is 11.4 Å². The van der Waals surface area contributed by atoms with Crippen molar-refractivity contribution >= 4 is 18.0 Å². The van der Waals surface area contributed by atoms with Crippen molar-refractivity contribution in [3.05, 3.63) is 95.6 Å². The first-order valence-electron chi connectivity index (χ1n) is 8.26. The van der Waals surface area contributed by atoms with Crippen LogP contribution in [0.4, 0.5) is 0 Å². The fourth-order valence-electron chi connectivity index (χ4n) is 2.22. The maximum Gasteiger partial charge on any atom is 0.289 e. The van der Waals surface area contributed by atoms with Crippen molar-refractivity contribution in [2.24, 2.45) is 5.10 Å². The number of hydrogen-bond acceptors (Lipinski definition) is 5. The predicted molar refractivity (Wildman–Crippen MR) is 101 cm³/mol. The molecule has 2 aromatic heterocycles. The SMILES string of the molecule is O=C(NCc1ccccc1)c1cccc(C(=O)N/N=C/c2ccccn2)n1. The van der Waals surface area contributed by atoms with Gasteiger partial charge in [-0.15, -0.1) is 0 Å². The zero-order chi connectivity index (χ0) is 18.9. The molecule has 0 aliphatic heterocycles.